The van der Waals surface area contributed by atoms with Gasteiger partial charge in [0.15, 0.2) is 0 Å². The predicted molar refractivity (Wildman–Crippen MR) is 103 cm³/mol. The Kier molecular flexibility index (Phi) is 7.77. The Morgan fingerprint density at radius 2 is 1.30 bits per heavy atom. The zero-order chi connectivity index (χ0) is 19.5. The summed E-state index contributed by atoms with van der Waals surface area (Å²) in [6.07, 6.45) is 3.73. The number of amides is 2. The van der Waals surface area contributed by atoms with E-state index in [0.717, 1.165) is 11.4 Å². The Labute approximate surface area is 157 Å². The maximum absolute atomic E-state index is 11.7. The first-order chi connectivity index (χ1) is 13.0. The molecule has 0 radical (unpaired) electrons. The molecule has 0 unspecified atom stereocenters. The quantitative estimate of drug-likeness (QED) is 0.549. The average molecular weight is 366 g/mol. The Balaban J connectivity index is 1.63. The molecule has 8 heteroatoms. The van der Waals surface area contributed by atoms with Gasteiger partial charge in [0.1, 0.15) is 0 Å². The van der Waals surface area contributed by atoms with E-state index < -0.39 is 0 Å². The molecule has 0 fully saturated rings. The van der Waals surface area contributed by atoms with Gasteiger partial charge in [-0.1, -0.05) is 12.1 Å². The second kappa shape index (κ2) is 10.5. The van der Waals surface area contributed by atoms with Gasteiger partial charge in [0.2, 0.25) is 11.8 Å². The van der Waals surface area contributed by atoms with Crippen LogP contribution in [0.5, 0.6) is 0 Å². The average Bonchev–Trinajstić information content (AvgIpc) is 2.62. The highest BCUT2D eigenvalue weighted by atomic mass is 16.2. The van der Waals surface area contributed by atoms with Gasteiger partial charge in [-0.3, -0.25) is 19.6 Å². The van der Waals surface area contributed by atoms with E-state index in [1.54, 1.807) is 12.1 Å². The molecule has 2 N–H and O–H groups in total. The number of hydrogen-bond acceptors (Lipinski definition) is 6. The second-order valence-corrected chi connectivity index (χ2v) is 5.85. The number of rotatable bonds is 8. The van der Waals surface area contributed by atoms with E-state index in [0.29, 0.717) is 17.8 Å². The van der Waals surface area contributed by atoms with Crippen LogP contribution in [-0.4, -0.2) is 34.2 Å². The van der Waals surface area contributed by atoms with E-state index >= 15 is 0 Å². The molecule has 2 amide bonds. The summed E-state index contributed by atoms with van der Waals surface area (Å²) in [7, 11) is 0. The third-order valence-corrected chi connectivity index (χ3v) is 3.40. The van der Waals surface area contributed by atoms with Gasteiger partial charge in [-0.25, -0.2) is 10.9 Å². The largest absolute Gasteiger partial charge is 0.273 e. The SMILES string of the molecule is Cc1cccc(C=NNC(=O)CCCC(=O)N/N=C/c2cccc(C)n2)n1. The lowest BCUT2D eigenvalue weighted by atomic mass is 10.2. The van der Waals surface area contributed by atoms with Crippen molar-refractivity contribution >= 4 is 24.2 Å². The molecule has 0 aromatic carbocycles. The number of nitrogens with zero attached hydrogens (tertiary/aromatic N) is 4. The molecular formula is C19H22N6O2. The number of aryl methyl sites for hydroxylation is 2. The summed E-state index contributed by atoms with van der Waals surface area (Å²) in [4.78, 5) is 31.9. The summed E-state index contributed by atoms with van der Waals surface area (Å²) >= 11 is 0. The molecule has 2 aromatic rings. The van der Waals surface area contributed by atoms with Gasteiger partial charge in [0, 0.05) is 24.2 Å². The van der Waals surface area contributed by atoms with Crippen LogP contribution in [-0.2, 0) is 9.59 Å². The minimum atomic E-state index is -0.265. The molecule has 0 atom stereocenters. The van der Waals surface area contributed by atoms with Crippen LogP contribution in [0.3, 0.4) is 0 Å². The smallest absolute Gasteiger partial charge is 0.240 e. The normalized spacial score (nSPS) is 11.0. The predicted octanol–water partition coefficient (Wildman–Crippen LogP) is 1.86. The van der Waals surface area contributed by atoms with Gasteiger partial charge >= 0.3 is 0 Å². The minimum absolute atomic E-state index is 0.190. The van der Waals surface area contributed by atoms with Crippen LogP contribution < -0.4 is 10.9 Å². The highest BCUT2D eigenvalue weighted by molar-refractivity contribution is 5.82. The third-order valence-electron chi connectivity index (χ3n) is 3.40. The summed E-state index contributed by atoms with van der Waals surface area (Å²) in [5.41, 5.74) is 7.90. The zero-order valence-electron chi connectivity index (χ0n) is 15.3. The van der Waals surface area contributed by atoms with E-state index in [1.165, 1.54) is 12.4 Å². The Morgan fingerprint density at radius 1 is 0.852 bits per heavy atom. The fourth-order valence-corrected chi connectivity index (χ4v) is 2.13. The van der Waals surface area contributed by atoms with Crippen molar-refractivity contribution in [3.8, 4) is 0 Å². The molecule has 8 nitrogen and oxygen atoms in total. The summed E-state index contributed by atoms with van der Waals surface area (Å²) < 4.78 is 0. The molecule has 2 rings (SSSR count). The molecule has 2 heterocycles. The number of carbonyl (C=O) groups is 2. The van der Waals surface area contributed by atoms with Crippen LogP contribution in [0.25, 0.3) is 0 Å². The van der Waals surface area contributed by atoms with E-state index in [1.807, 2.05) is 38.1 Å². The molecule has 0 aliphatic heterocycles. The van der Waals surface area contributed by atoms with E-state index in [9.17, 15) is 9.59 Å². The van der Waals surface area contributed by atoms with Crippen molar-refractivity contribution in [3.05, 3.63) is 59.2 Å². The van der Waals surface area contributed by atoms with Crippen LogP contribution in [0.15, 0.2) is 46.6 Å². The number of nitrogens with one attached hydrogen (secondary N) is 2. The van der Waals surface area contributed by atoms with Gasteiger partial charge in [-0.05, 0) is 44.5 Å². The molecule has 0 saturated carbocycles. The molecule has 2 aromatic heterocycles. The second-order valence-electron chi connectivity index (χ2n) is 5.85. The zero-order valence-corrected chi connectivity index (χ0v) is 15.3. The molecule has 0 spiro atoms. The number of hydrogen-bond donors (Lipinski definition) is 2. The number of pyridine rings is 2. The van der Waals surface area contributed by atoms with Crippen molar-refractivity contribution in [1.29, 1.82) is 0 Å². The Bertz CT molecular complexity index is 778. The van der Waals surface area contributed by atoms with Crippen LogP contribution in [0.1, 0.15) is 42.0 Å². The molecule has 27 heavy (non-hydrogen) atoms. The van der Waals surface area contributed by atoms with Gasteiger partial charge in [0.05, 0.1) is 23.8 Å². The summed E-state index contributed by atoms with van der Waals surface area (Å²) in [5, 5.41) is 7.71. The van der Waals surface area contributed by atoms with Gasteiger partial charge in [0.25, 0.3) is 0 Å². The first-order valence-corrected chi connectivity index (χ1v) is 8.54. The van der Waals surface area contributed by atoms with E-state index in [-0.39, 0.29) is 24.7 Å². The summed E-state index contributed by atoms with van der Waals surface area (Å²) in [5.74, 6) is -0.529. The standard InChI is InChI=1S/C19H22N6O2/c1-14-6-3-8-16(22-14)12-20-24-18(26)10-5-11-19(27)25-21-13-17-9-4-7-15(2)23-17/h3-4,6-9,12-13H,5,10-11H2,1-2H3,(H,24,26)(H,25,27)/b20-12+,21-13?. The fraction of sp³-hybridized carbons (Fsp3) is 0.263. The molecule has 0 saturated heterocycles. The van der Waals surface area contributed by atoms with Crippen LogP contribution in [0.4, 0.5) is 0 Å². The van der Waals surface area contributed by atoms with Gasteiger partial charge in [-0.2, -0.15) is 10.2 Å². The van der Waals surface area contributed by atoms with E-state index in [2.05, 4.69) is 31.0 Å². The first kappa shape index (κ1) is 19.9. The lowest BCUT2D eigenvalue weighted by Crippen LogP contribution is -2.20. The van der Waals surface area contributed by atoms with Crippen molar-refractivity contribution in [2.75, 3.05) is 0 Å². The van der Waals surface area contributed by atoms with Crippen molar-refractivity contribution in [2.24, 2.45) is 10.2 Å². The van der Waals surface area contributed by atoms with Crippen molar-refractivity contribution in [1.82, 2.24) is 20.8 Å². The minimum Gasteiger partial charge on any atom is -0.273 e. The fourth-order valence-electron chi connectivity index (χ4n) is 2.13. The van der Waals surface area contributed by atoms with Crippen LogP contribution in [0, 0.1) is 13.8 Å². The number of aromatic nitrogens is 2. The highest BCUT2D eigenvalue weighted by Crippen LogP contribution is 1.97. The maximum atomic E-state index is 11.7. The van der Waals surface area contributed by atoms with E-state index in [4.69, 9.17) is 0 Å². The van der Waals surface area contributed by atoms with Gasteiger partial charge < -0.3 is 0 Å². The maximum Gasteiger partial charge on any atom is 0.240 e. The van der Waals surface area contributed by atoms with Crippen molar-refractivity contribution < 1.29 is 9.59 Å². The monoisotopic (exact) mass is 366 g/mol. The van der Waals surface area contributed by atoms with Crippen LogP contribution in [0.2, 0.25) is 0 Å². The first-order valence-electron chi connectivity index (χ1n) is 8.54. The van der Waals surface area contributed by atoms with Crippen molar-refractivity contribution in [3.63, 3.8) is 0 Å². The molecule has 140 valence electrons. The molecule has 0 aliphatic rings. The molecular weight excluding hydrogens is 344 g/mol. The molecule has 0 bridgehead atoms. The molecule has 0 aliphatic carbocycles. The highest BCUT2D eigenvalue weighted by Gasteiger charge is 2.04. The lowest BCUT2D eigenvalue weighted by Gasteiger charge is -2.01. The van der Waals surface area contributed by atoms with Gasteiger partial charge in [-0.15, -0.1) is 0 Å². The number of carbonyl (C=O) groups excluding carboxylic acids is 2. The Hall–Kier alpha value is -3.42. The summed E-state index contributed by atoms with van der Waals surface area (Å²) in [6, 6.07) is 11.1. The van der Waals surface area contributed by atoms with Crippen molar-refractivity contribution in [2.45, 2.75) is 33.1 Å². The topological polar surface area (TPSA) is 109 Å². The van der Waals surface area contributed by atoms with Crippen LogP contribution >= 0.6 is 0 Å². The number of hydrazone groups is 2. The Morgan fingerprint density at radius 3 is 1.70 bits per heavy atom. The summed E-state index contributed by atoms with van der Waals surface area (Å²) in [6.45, 7) is 3.75. The lowest BCUT2D eigenvalue weighted by molar-refractivity contribution is -0.122. The third kappa shape index (κ3) is 8.00.